The molecule has 1 saturated carbocycles. The van der Waals surface area contributed by atoms with Gasteiger partial charge in [0.1, 0.15) is 5.54 Å². The SMILES string of the molecule is CC(C)C(NC(=O)C1(n2cccc2)CCCCC1)c1cccs1. The normalized spacial score (nSPS) is 18.7. The minimum atomic E-state index is -0.411. The zero-order chi connectivity index (χ0) is 16.3. The molecule has 1 aliphatic rings. The van der Waals surface area contributed by atoms with Crippen molar-refractivity contribution in [2.75, 3.05) is 0 Å². The summed E-state index contributed by atoms with van der Waals surface area (Å²) in [5.74, 6) is 0.559. The lowest BCUT2D eigenvalue weighted by atomic mass is 9.80. The summed E-state index contributed by atoms with van der Waals surface area (Å²) in [6, 6.07) is 8.31. The third kappa shape index (κ3) is 3.23. The van der Waals surface area contributed by atoms with Crippen LogP contribution in [0.3, 0.4) is 0 Å². The van der Waals surface area contributed by atoms with Crippen molar-refractivity contribution in [1.82, 2.24) is 9.88 Å². The lowest BCUT2D eigenvalue weighted by Crippen LogP contribution is -2.51. The van der Waals surface area contributed by atoms with Gasteiger partial charge in [-0.05, 0) is 42.3 Å². The lowest BCUT2D eigenvalue weighted by Gasteiger charge is -2.39. The first kappa shape index (κ1) is 16.3. The van der Waals surface area contributed by atoms with Gasteiger partial charge in [-0.15, -0.1) is 11.3 Å². The second-order valence-corrected chi connectivity index (χ2v) is 7.87. The fourth-order valence-corrected chi connectivity index (χ4v) is 4.62. The molecular weight excluding hydrogens is 304 g/mol. The molecule has 1 unspecified atom stereocenters. The van der Waals surface area contributed by atoms with E-state index >= 15 is 0 Å². The van der Waals surface area contributed by atoms with Gasteiger partial charge in [0.05, 0.1) is 6.04 Å². The predicted molar refractivity (Wildman–Crippen MR) is 95.5 cm³/mol. The van der Waals surface area contributed by atoms with E-state index in [-0.39, 0.29) is 11.9 Å². The molecule has 0 spiro atoms. The van der Waals surface area contributed by atoms with Gasteiger partial charge in [-0.2, -0.15) is 0 Å². The van der Waals surface area contributed by atoms with Crippen LogP contribution in [-0.2, 0) is 10.3 Å². The number of carbonyl (C=O) groups excluding carboxylic acids is 1. The molecule has 124 valence electrons. The highest BCUT2D eigenvalue weighted by Crippen LogP contribution is 2.37. The van der Waals surface area contributed by atoms with Crippen molar-refractivity contribution in [2.24, 2.45) is 5.92 Å². The molecule has 0 saturated heterocycles. The Morgan fingerprint density at radius 2 is 1.87 bits per heavy atom. The van der Waals surface area contributed by atoms with E-state index in [4.69, 9.17) is 0 Å². The van der Waals surface area contributed by atoms with Crippen molar-refractivity contribution in [2.45, 2.75) is 57.5 Å². The minimum Gasteiger partial charge on any atom is -0.346 e. The average molecular weight is 330 g/mol. The van der Waals surface area contributed by atoms with E-state index in [1.807, 2.05) is 24.5 Å². The number of hydrogen-bond acceptors (Lipinski definition) is 2. The molecule has 0 bridgehead atoms. The van der Waals surface area contributed by atoms with Crippen LogP contribution in [0.5, 0.6) is 0 Å². The first-order valence-electron chi connectivity index (χ1n) is 8.61. The van der Waals surface area contributed by atoms with Crippen LogP contribution in [0, 0.1) is 5.92 Å². The van der Waals surface area contributed by atoms with Gasteiger partial charge in [0, 0.05) is 17.3 Å². The molecule has 23 heavy (non-hydrogen) atoms. The summed E-state index contributed by atoms with van der Waals surface area (Å²) in [4.78, 5) is 14.5. The topological polar surface area (TPSA) is 34.0 Å². The molecule has 0 aliphatic heterocycles. The number of carbonyl (C=O) groups is 1. The summed E-state index contributed by atoms with van der Waals surface area (Å²) >= 11 is 1.72. The molecule has 1 N–H and O–H groups in total. The van der Waals surface area contributed by atoms with Crippen LogP contribution in [0.25, 0.3) is 0 Å². The molecule has 4 heteroatoms. The number of aromatic nitrogens is 1. The van der Waals surface area contributed by atoms with Crippen molar-refractivity contribution in [3.8, 4) is 0 Å². The summed E-state index contributed by atoms with van der Waals surface area (Å²) in [7, 11) is 0. The van der Waals surface area contributed by atoms with Gasteiger partial charge in [-0.1, -0.05) is 39.2 Å². The Hall–Kier alpha value is -1.55. The maximum absolute atomic E-state index is 13.3. The maximum Gasteiger partial charge on any atom is 0.246 e. The highest BCUT2D eigenvalue weighted by molar-refractivity contribution is 7.10. The molecule has 0 aromatic carbocycles. The fraction of sp³-hybridized carbons (Fsp3) is 0.526. The predicted octanol–water partition coefficient (Wildman–Crippen LogP) is 4.72. The van der Waals surface area contributed by atoms with E-state index in [1.54, 1.807) is 11.3 Å². The molecule has 1 atom stereocenters. The average Bonchev–Trinajstić information content (AvgIpc) is 3.26. The first-order chi connectivity index (χ1) is 11.1. The Morgan fingerprint density at radius 1 is 1.17 bits per heavy atom. The Bertz CT molecular complexity index is 610. The molecule has 0 radical (unpaired) electrons. The molecule has 2 aromatic heterocycles. The third-order valence-electron chi connectivity index (χ3n) is 5.01. The molecule has 1 fully saturated rings. The van der Waals surface area contributed by atoms with Crippen LogP contribution >= 0.6 is 11.3 Å². The molecule has 1 amide bonds. The molecule has 3 nitrogen and oxygen atoms in total. The number of amides is 1. The van der Waals surface area contributed by atoms with Gasteiger partial charge in [0.25, 0.3) is 0 Å². The number of hydrogen-bond donors (Lipinski definition) is 1. The first-order valence-corrected chi connectivity index (χ1v) is 9.49. The summed E-state index contributed by atoms with van der Waals surface area (Å²) in [6.07, 6.45) is 9.43. The fourth-order valence-electron chi connectivity index (χ4n) is 3.67. The largest absolute Gasteiger partial charge is 0.346 e. The van der Waals surface area contributed by atoms with Crippen LogP contribution < -0.4 is 5.32 Å². The van der Waals surface area contributed by atoms with Crippen molar-refractivity contribution < 1.29 is 4.79 Å². The Labute approximate surface area is 142 Å². The number of nitrogens with zero attached hydrogens (tertiary/aromatic N) is 1. The number of rotatable bonds is 5. The van der Waals surface area contributed by atoms with Gasteiger partial charge in [-0.25, -0.2) is 0 Å². The summed E-state index contributed by atoms with van der Waals surface area (Å²) in [6.45, 7) is 4.35. The molecular formula is C19H26N2OS. The second-order valence-electron chi connectivity index (χ2n) is 6.89. The van der Waals surface area contributed by atoms with Crippen LogP contribution in [0.2, 0.25) is 0 Å². The van der Waals surface area contributed by atoms with E-state index in [2.05, 4.69) is 41.2 Å². The van der Waals surface area contributed by atoms with E-state index < -0.39 is 5.54 Å². The van der Waals surface area contributed by atoms with Gasteiger partial charge in [0.2, 0.25) is 5.91 Å². The van der Waals surface area contributed by atoms with E-state index in [0.29, 0.717) is 5.92 Å². The van der Waals surface area contributed by atoms with Crippen molar-refractivity contribution in [3.63, 3.8) is 0 Å². The van der Waals surface area contributed by atoms with Crippen molar-refractivity contribution in [1.29, 1.82) is 0 Å². The standard InChI is InChI=1S/C19H26N2OS/c1-15(2)17(16-9-8-14-23-16)20-18(22)19(10-4-3-5-11-19)21-12-6-7-13-21/h6-9,12-15,17H,3-5,10-11H2,1-2H3,(H,20,22). The van der Waals surface area contributed by atoms with Crippen LogP contribution in [-0.4, -0.2) is 10.5 Å². The highest BCUT2D eigenvalue weighted by Gasteiger charge is 2.41. The van der Waals surface area contributed by atoms with Gasteiger partial charge in [0.15, 0.2) is 0 Å². The number of nitrogens with one attached hydrogen (secondary N) is 1. The Morgan fingerprint density at radius 3 is 2.43 bits per heavy atom. The van der Waals surface area contributed by atoms with E-state index in [0.717, 1.165) is 25.7 Å². The molecule has 3 rings (SSSR count). The van der Waals surface area contributed by atoms with E-state index in [9.17, 15) is 4.79 Å². The minimum absolute atomic E-state index is 0.0943. The molecule has 2 aromatic rings. The summed E-state index contributed by atoms with van der Waals surface area (Å²) < 4.78 is 2.13. The Balaban J connectivity index is 1.86. The maximum atomic E-state index is 13.3. The lowest BCUT2D eigenvalue weighted by molar-refractivity contribution is -0.132. The molecule has 2 heterocycles. The van der Waals surface area contributed by atoms with Crippen LogP contribution in [0.15, 0.2) is 42.0 Å². The quantitative estimate of drug-likeness (QED) is 0.845. The van der Waals surface area contributed by atoms with Crippen LogP contribution in [0.4, 0.5) is 0 Å². The van der Waals surface area contributed by atoms with E-state index in [1.165, 1.54) is 11.3 Å². The van der Waals surface area contributed by atoms with Crippen molar-refractivity contribution in [3.05, 3.63) is 46.9 Å². The number of thiophene rings is 1. The van der Waals surface area contributed by atoms with Crippen molar-refractivity contribution >= 4 is 17.2 Å². The van der Waals surface area contributed by atoms with Gasteiger partial charge >= 0.3 is 0 Å². The highest BCUT2D eigenvalue weighted by atomic mass is 32.1. The summed E-state index contributed by atoms with van der Waals surface area (Å²) in [5.41, 5.74) is -0.411. The molecule has 1 aliphatic carbocycles. The summed E-state index contributed by atoms with van der Waals surface area (Å²) in [5, 5.41) is 5.45. The zero-order valence-electron chi connectivity index (χ0n) is 14.0. The second kappa shape index (κ2) is 6.91. The third-order valence-corrected chi connectivity index (χ3v) is 5.96. The van der Waals surface area contributed by atoms with Gasteiger partial charge < -0.3 is 9.88 Å². The van der Waals surface area contributed by atoms with Crippen LogP contribution in [0.1, 0.15) is 56.9 Å². The smallest absolute Gasteiger partial charge is 0.246 e. The monoisotopic (exact) mass is 330 g/mol. The zero-order valence-corrected chi connectivity index (χ0v) is 14.8. The van der Waals surface area contributed by atoms with Gasteiger partial charge in [-0.3, -0.25) is 4.79 Å². The Kier molecular flexibility index (Phi) is 4.90.